The molecule has 0 radical (unpaired) electrons. The van der Waals surface area contributed by atoms with Crippen LogP contribution in [0, 0.1) is 13.8 Å². The Kier molecular flexibility index (Phi) is 3.81. The second kappa shape index (κ2) is 4.89. The van der Waals surface area contributed by atoms with Crippen molar-refractivity contribution < 1.29 is 9.84 Å². The smallest absolute Gasteiger partial charge is 0.122 e. The highest BCUT2D eigenvalue weighted by atomic mass is 16.5. The summed E-state index contributed by atoms with van der Waals surface area (Å²) in [5.41, 5.74) is 1.93. The average molecular weight is 194 g/mol. The maximum Gasteiger partial charge on any atom is 0.122 e. The number of unbranched alkanes of at least 4 members (excludes halogenated alkanes) is 1. The maximum atomic E-state index is 9.44. The summed E-state index contributed by atoms with van der Waals surface area (Å²) in [5, 5.41) is 9.44. The molecule has 0 unspecified atom stereocenters. The van der Waals surface area contributed by atoms with E-state index in [0.717, 1.165) is 36.3 Å². The van der Waals surface area contributed by atoms with Crippen molar-refractivity contribution in [1.82, 2.24) is 0 Å². The Labute approximate surface area is 85.5 Å². The van der Waals surface area contributed by atoms with E-state index in [1.165, 1.54) is 0 Å². The van der Waals surface area contributed by atoms with Crippen LogP contribution in [-0.2, 0) is 0 Å². The van der Waals surface area contributed by atoms with Crippen LogP contribution < -0.4 is 4.74 Å². The highest BCUT2D eigenvalue weighted by Crippen LogP contribution is 2.28. The first-order valence-electron chi connectivity index (χ1n) is 5.08. The minimum absolute atomic E-state index is 0.338. The molecule has 14 heavy (non-hydrogen) atoms. The minimum Gasteiger partial charge on any atom is -0.508 e. The van der Waals surface area contributed by atoms with Crippen molar-refractivity contribution in [2.75, 3.05) is 6.61 Å². The lowest BCUT2D eigenvalue weighted by Gasteiger charge is -2.11. The first-order valence-corrected chi connectivity index (χ1v) is 5.08. The van der Waals surface area contributed by atoms with Crippen molar-refractivity contribution >= 4 is 0 Å². The molecule has 0 fully saturated rings. The number of ether oxygens (including phenoxy) is 1. The van der Waals surface area contributed by atoms with Gasteiger partial charge in [-0.1, -0.05) is 13.3 Å². The van der Waals surface area contributed by atoms with Gasteiger partial charge in [-0.25, -0.2) is 0 Å². The van der Waals surface area contributed by atoms with E-state index in [9.17, 15) is 5.11 Å². The van der Waals surface area contributed by atoms with Gasteiger partial charge in [0.25, 0.3) is 0 Å². The Morgan fingerprint density at radius 2 is 1.93 bits per heavy atom. The summed E-state index contributed by atoms with van der Waals surface area (Å²) in [4.78, 5) is 0. The van der Waals surface area contributed by atoms with E-state index >= 15 is 0 Å². The van der Waals surface area contributed by atoms with Crippen molar-refractivity contribution in [2.24, 2.45) is 0 Å². The predicted octanol–water partition coefficient (Wildman–Crippen LogP) is 3.19. The Balaban J connectivity index is 2.73. The van der Waals surface area contributed by atoms with Crippen LogP contribution in [0.2, 0.25) is 0 Å². The summed E-state index contributed by atoms with van der Waals surface area (Å²) in [6.07, 6.45) is 2.20. The normalized spacial score (nSPS) is 10.2. The van der Waals surface area contributed by atoms with Gasteiger partial charge in [0, 0.05) is 0 Å². The summed E-state index contributed by atoms with van der Waals surface area (Å²) in [6.45, 7) is 6.76. The lowest BCUT2D eigenvalue weighted by molar-refractivity contribution is 0.306. The first kappa shape index (κ1) is 10.9. The molecule has 78 valence electrons. The molecular weight excluding hydrogens is 176 g/mol. The van der Waals surface area contributed by atoms with Gasteiger partial charge in [-0.05, 0) is 43.5 Å². The van der Waals surface area contributed by atoms with Crippen LogP contribution in [-0.4, -0.2) is 11.7 Å². The topological polar surface area (TPSA) is 29.5 Å². The average Bonchev–Trinajstić information content (AvgIpc) is 2.18. The second-order valence-corrected chi connectivity index (χ2v) is 3.53. The van der Waals surface area contributed by atoms with E-state index in [2.05, 4.69) is 6.92 Å². The van der Waals surface area contributed by atoms with Crippen molar-refractivity contribution in [3.05, 3.63) is 23.3 Å². The lowest BCUT2D eigenvalue weighted by atomic mass is 10.1. The highest BCUT2D eigenvalue weighted by Gasteiger charge is 2.05. The van der Waals surface area contributed by atoms with Crippen LogP contribution in [0.4, 0.5) is 0 Å². The molecular formula is C12H18O2. The zero-order chi connectivity index (χ0) is 10.6. The molecule has 0 heterocycles. The molecule has 0 spiro atoms. The quantitative estimate of drug-likeness (QED) is 0.746. The largest absolute Gasteiger partial charge is 0.508 e. The summed E-state index contributed by atoms with van der Waals surface area (Å²) < 4.78 is 5.60. The van der Waals surface area contributed by atoms with E-state index in [0.29, 0.717) is 5.75 Å². The van der Waals surface area contributed by atoms with Gasteiger partial charge in [-0.3, -0.25) is 0 Å². The first-order chi connectivity index (χ1) is 6.66. The van der Waals surface area contributed by atoms with Gasteiger partial charge in [-0.15, -0.1) is 0 Å². The molecule has 1 aromatic carbocycles. The van der Waals surface area contributed by atoms with E-state index in [1.54, 1.807) is 6.07 Å². The summed E-state index contributed by atoms with van der Waals surface area (Å²) in [5.74, 6) is 1.22. The third-order valence-electron chi connectivity index (χ3n) is 2.46. The van der Waals surface area contributed by atoms with Crippen LogP contribution >= 0.6 is 0 Å². The molecule has 0 bridgehead atoms. The number of aromatic hydroxyl groups is 1. The summed E-state index contributed by atoms with van der Waals surface area (Å²) >= 11 is 0. The Bertz CT molecular complexity index is 305. The highest BCUT2D eigenvalue weighted by molar-refractivity contribution is 5.46. The zero-order valence-electron chi connectivity index (χ0n) is 9.13. The molecule has 1 aromatic rings. The molecule has 0 aliphatic rings. The van der Waals surface area contributed by atoms with Gasteiger partial charge in [0.1, 0.15) is 11.5 Å². The van der Waals surface area contributed by atoms with Crippen molar-refractivity contribution in [3.8, 4) is 11.5 Å². The number of hydrogen-bond acceptors (Lipinski definition) is 2. The molecule has 0 aromatic heterocycles. The fraction of sp³-hybridized carbons (Fsp3) is 0.500. The molecule has 0 saturated carbocycles. The molecule has 0 aliphatic heterocycles. The number of rotatable bonds is 4. The number of benzene rings is 1. The van der Waals surface area contributed by atoms with Crippen LogP contribution in [0.25, 0.3) is 0 Å². The Morgan fingerprint density at radius 3 is 2.57 bits per heavy atom. The van der Waals surface area contributed by atoms with Crippen LogP contribution in [0.5, 0.6) is 11.5 Å². The van der Waals surface area contributed by atoms with Gasteiger partial charge in [0.15, 0.2) is 0 Å². The zero-order valence-corrected chi connectivity index (χ0v) is 9.13. The lowest BCUT2D eigenvalue weighted by Crippen LogP contribution is -1.99. The van der Waals surface area contributed by atoms with E-state index in [4.69, 9.17) is 4.74 Å². The summed E-state index contributed by atoms with van der Waals surface area (Å²) in [6, 6.07) is 3.51. The molecule has 2 nitrogen and oxygen atoms in total. The van der Waals surface area contributed by atoms with Gasteiger partial charge < -0.3 is 9.84 Å². The fourth-order valence-electron chi connectivity index (χ4n) is 1.26. The molecule has 0 aliphatic carbocycles. The third-order valence-corrected chi connectivity index (χ3v) is 2.46. The van der Waals surface area contributed by atoms with Crippen molar-refractivity contribution in [3.63, 3.8) is 0 Å². The number of hydrogen-bond donors (Lipinski definition) is 1. The van der Waals surface area contributed by atoms with Crippen molar-refractivity contribution in [1.29, 1.82) is 0 Å². The van der Waals surface area contributed by atoms with E-state index in [-0.39, 0.29) is 0 Å². The molecule has 0 atom stereocenters. The van der Waals surface area contributed by atoms with E-state index in [1.807, 2.05) is 19.9 Å². The molecule has 1 rings (SSSR count). The van der Waals surface area contributed by atoms with Crippen LogP contribution in [0.15, 0.2) is 12.1 Å². The fourth-order valence-corrected chi connectivity index (χ4v) is 1.26. The maximum absolute atomic E-state index is 9.44. The molecule has 1 N–H and O–H groups in total. The molecule has 0 saturated heterocycles. The van der Waals surface area contributed by atoms with Gasteiger partial charge in [0.05, 0.1) is 6.61 Å². The third kappa shape index (κ3) is 2.41. The summed E-state index contributed by atoms with van der Waals surface area (Å²) in [7, 11) is 0. The minimum atomic E-state index is 0.338. The standard InChI is InChI=1S/C12H18O2/c1-4-5-8-14-12-7-6-11(13)9(2)10(12)3/h6-7,13H,4-5,8H2,1-3H3. The van der Waals surface area contributed by atoms with Gasteiger partial charge >= 0.3 is 0 Å². The van der Waals surface area contributed by atoms with E-state index < -0.39 is 0 Å². The Morgan fingerprint density at radius 1 is 1.21 bits per heavy atom. The molecule has 0 amide bonds. The number of phenols is 1. The molecule has 2 heteroatoms. The number of phenolic OH excluding ortho intramolecular Hbond substituents is 1. The Hall–Kier alpha value is -1.18. The predicted molar refractivity (Wildman–Crippen MR) is 58.0 cm³/mol. The second-order valence-electron chi connectivity index (χ2n) is 3.53. The van der Waals surface area contributed by atoms with Gasteiger partial charge in [0.2, 0.25) is 0 Å². The van der Waals surface area contributed by atoms with Crippen LogP contribution in [0.3, 0.4) is 0 Å². The van der Waals surface area contributed by atoms with Crippen LogP contribution in [0.1, 0.15) is 30.9 Å². The monoisotopic (exact) mass is 194 g/mol. The SMILES string of the molecule is CCCCOc1ccc(O)c(C)c1C. The van der Waals surface area contributed by atoms with Crippen molar-refractivity contribution in [2.45, 2.75) is 33.6 Å². The van der Waals surface area contributed by atoms with Gasteiger partial charge in [-0.2, -0.15) is 0 Å².